The Labute approximate surface area is 84.6 Å². The maximum atomic E-state index is 11.2. The van der Waals surface area contributed by atoms with Gasteiger partial charge < -0.3 is 4.74 Å². The second-order valence-electron chi connectivity index (χ2n) is 2.82. The highest BCUT2D eigenvalue weighted by atomic mass is 16.6. The van der Waals surface area contributed by atoms with Crippen LogP contribution in [0.3, 0.4) is 0 Å². The minimum atomic E-state index is -0.759. The summed E-state index contributed by atoms with van der Waals surface area (Å²) in [4.78, 5) is 20.9. The Balaban J connectivity index is 3.33. The Bertz CT molecular complexity index is 406. The van der Waals surface area contributed by atoms with Crippen LogP contribution in [0.15, 0.2) is 12.3 Å². The van der Waals surface area contributed by atoms with E-state index in [1.807, 2.05) is 0 Å². The molecule has 1 heterocycles. The van der Waals surface area contributed by atoms with Crippen LogP contribution in [0.1, 0.15) is 16.1 Å². The van der Waals surface area contributed by atoms with Crippen molar-refractivity contribution in [2.24, 2.45) is 0 Å². The highest BCUT2D eigenvalue weighted by molar-refractivity contribution is 5.87. The Morgan fingerprint density at radius 3 is 2.67 bits per heavy atom. The molecular weight excluding hydrogens is 204 g/mol. The maximum absolute atomic E-state index is 11.2. The van der Waals surface area contributed by atoms with Crippen molar-refractivity contribution >= 4 is 11.7 Å². The molecule has 0 amide bonds. The summed E-state index contributed by atoms with van der Waals surface area (Å²) in [6, 6.07) is 1.18. The second kappa shape index (κ2) is 3.91. The Kier molecular flexibility index (Phi) is 2.84. The molecule has 1 aromatic heterocycles. The minimum Gasteiger partial charge on any atom is -0.461 e. The molecule has 7 nitrogen and oxygen atoms in total. The zero-order chi connectivity index (χ0) is 11.6. The first-order valence-corrected chi connectivity index (χ1v) is 3.95. The zero-order valence-corrected chi connectivity index (χ0v) is 8.13. The molecule has 1 N–H and O–H groups in total. The molecule has 0 unspecified atom stereocenters. The Morgan fingerprint density at radius 2 is 2.27 bits per heavy atom. The van der Waals surface area contributed by atoms with Gasteiger partial charge in [0.25, 0.3) is 6.20 Å². The number of esters is 1. The number of pyridine rings is 1. The van der Waals surface area contributed by atoms with Gasteiger partial charge in [-0.25, -0.2) is 4.79 Å². The highest BCUT2D eigenvalue weighted by Gasteiger charge is 2.28. The molecule has 15 heavy (non-hydrogen) atoms. The van der Waals surface area contributed by atoms with Crippen molar-refractivity contribution in [3.05, 3.63) is 33.6 Å². The van der Waals surface area contributed by atoms with Crippen LogP contribution in [0.25, 0.3) is 0 Å². The molecule has 80 valence electrons. The zero-order valence-electron chi connectivity index (χ0n) is 8.13. The van der Waals surface area contributed by atoms with Crippen molar-refractivity contribution in [3.63, 3.8) is 0 Å². The summed E-state index contributed by atoms with van der Waals surface area (Å²) >= 11 is 0. The SMILES string of the molecule is COC(=O)c1c(C)cc([N+](=O)[O-])c[n+]1O. The van der Waals surface area contributed by atoms with E-state index in [-0.39, 0.29) is 16.9 Å². The van der Waals surface area contributed by atoms with Gasteiger partial charge in [0.15, 0.2) is 0 Å². The number of nitrogens with zero attached hydrogens (tertiary/aromatic N) is 2. The van der Waals surface area contributed by atoms with Gasteiger partial charge in [-0.05, 0) is 6.92 Å². The number of methoxy groups -OCH3 is 1. The van der Waals surface area contributed by atoms with Crippen LogP contribution in [-0.2, 0) is 4.74 Å². The number of aromatic nitrogens is 1. The van der Waals surface area contributed by atoms with Gasteiger partial charge in [0.2, 0.25) is 0 Å². The Morgan fingerprint density at radius 1 is 1.67 bits per heavy atom. The predicted octanol–water partition coefficient (Wildman–Crippen LogP) is 0.215. The van der Waals surface area contributed by atoms with Crippen molar-refractivity contribution in [1.29, 1.82) is 0 Å². The van der Waals surface area contributed by atoms with Gasteiger partial charge in [-0.3, -0.25) is 15.3 Å². The van der Waals surface area contributed by atoms with Crippen molar-refractivity contribution in [1.82, 2.24) is 0 Å². The number of rotatable bonds is 2. The maximum Gasteiger partial charge on any atom is 0.408 e. The number of nitro groups is 1. The molecule has 7 heteroatoms. The fourth-order valence-electron chi connectivity index (χ4n) is 1.15. The highest BCUT2D eigenvalue weighted by Crippen LogP contribution is 2.13. The number of ether oxygens (including phenoxy) is 1. The van der Waals surface area contributed by atoms with E-state index >= 15 is 0 Å². The molecular formula is C8H9N2O5+. The fraction of sp³-hybridized carbons (Fsp3) is 0.250. The molecule has 0 atom stereocenters. The van der Waals surface area contributed by atoms with Crippen LogP contribution < -0.4 is 4.73 Å². The van der Waals surface area contributed by atoms with E-state index in [1.54, 1.807) is 0 Å². The van der Waals surface area contributed by atoms with Crippen molar-refractivity contribution in [2.45, 2.75) is 6.92 Å². The molecule has 0 aliphatic rings. The molecule has 0 spiro atoms. The third-order valence-electron chi connectivity index (χ3n) is 1.81. The topological polar surface area (TPSA) is 93.5 Å². The third-order valence-corrected chi connectivity index (χ3v) is 1.81. The molecule has 0 aromatic carbocycles. The van der Waals surface area contributed by atoms with Crippen LogP contribution in [-0.4, -0.2) is 23.2 Å². The van der Waals surface area contributed by atoms with Gasteiger partial charge >= 0.3 is 17.4 Å². The molecule has 0 radical (unpaired) electrons. The van der Waals surface area contributed by atoms with E-state index in [0.717, 1.165) is 13.3 Å². The molecule has 1 aromatic rings. The lowest BCUT2D eigenvalue weighted by molar-refractivity contribution is -0.907. The molecule has 0 aliphatic carbocycles. The van der Waals surface area contributed by atoms with E-state index in [1.165, 1.54) is 13.0 Å². The Hall–Kier alpha value is -2.18. The summed E-state index contributed by atoms with van der Waals surface area (Å²) in [5.74, 6) is -0.759. The quantitative estimate of drug-likeness (QED) is 0.249. The summed E-state index contributed by atoms with van der Waals surface area (Å²) in [5, 5.41) is 19.8. The van der Waals surface area contributed by atoms with E-state index in [2.05, 4.69) is 4.74 Å². The van der Waals surface area contributed by atoms with Crippen molar-refractivity contribution in [3.8, 4) is 0 Å². The van der Waals surface area contributed by atoms with Gasteiger partial charge in [-0.2, -0.15) is 0 Å². The van der Waals surface area contributed by atoms with Crippen molar-refractivity contribution < 1.29 is 24.4 Å². The lowest BCUT2D eigenvalue weighted by Crippen LogP contribution is -2.39. The molecule has 0 fully saturated rings. The first kappa shape index (κ1) is 10.9. The standard InChI is InChI=1S/C8H9N2O5/c1-5-3-6(10(13)14)4-9(12)7(5)8(11)15-2/h3-4,12H,1-2H3/q+1. The number of hydrogen-bond donors (Lipinski definition) is 1. The third kappa shape index (κ3) is 2.01. The number of hydrogen-bond acceptors (Lipinski definition) is 5. The van der Waals surface area contributed by atoms with Crippen LogP contribution in [0.4, 0.5) is 5.69 Å². The van der Waals surface area contributed by atoms with Crippen molar-refractivity contribution in [2.75, 3.05) is 7.11 Å². The molecule has 0 bridgehead atoms. The van der Waals surface area contributed by atoms with Crippen LogP contribution in [0, 0.1) is 17.0 Å². The molecule has 0 saturated carbocycles. The fourth-order valence-corrected chi connectivity index (χ4v) is 1.15. The molecule has 0 aliphatic heterocycles. The van der Waals surface area contributed by atoms with Gasteiger partial charge in [-0.1, -0.05) is 0 Å². The summed E-state index contributed by atoms with van der Waals surface area (Å²) in [6.45, 7) is 1.46. The average Bonchev–Trinajstić information content (AvgIpc) is 2.16. The molecule has 1 rings (SSSR count). The second-order valence-corrected chi connectivity index (χ2v) is 2.82. The summed E-state index contributed by atoms with van der Waals surface area (Å²) in [7, 11) is 1.16. The number of carbonyl (C=O) groups is 1. The van der Waals surface area contributed by atoms with E-state index in [4.69, 9.17) is 0 Å². The normalized spacial score (nSPS) is 9.73. The van der Waals surface area contributed by atoms with Crippen LogP contribution in [0.2, 0.25) is 0 Å². The average molecular weight is 213 g/mol. The summed E-state index contributed by atoms with van der Waals surface area (Å²) < 4.78 is 4.80. The van der Waals surface area contributed by atoms with Crippen LogP contribution >= 0.6 is 0 Å². The van der Waals surface area contributed by atoms with Gasteiger partial charge in [0.05, 0.1) is 12.0 Å². The van der Waals surface area contributed by atoms with Gasteiger partial charge in [-0.15, -0.1) is 0 Å². The largest absolute Gasteiger partial charge is 0.461 e. The smallest absolute Gasteiger partial charge is 0.408 e. The summed E-state index contributed by atoms with van der Waals surface area (Å²) in [5.41, 5.74) is -0.177. The summed E-state index contributed by atoms with van der Waals surface area (Å²) in [6.07, 6.45) is 0.833. The molecule has 0 saturated heterocycles. The van der Waals surface area contributed by atoms with Gasteiger partial charge in [0, 0.05) is 16.4 Å². The lowest BCUT2D eigenvalue weighted by Gasteiger charge is -1.98. The van der Waals surface area contributed by atoms with Gasteiger partial charge in [0.1, 0.15) is 0 Å². The first-order valence-electron chi connectivity index (χ1n) is 3.95. The van der Waals surface area contributed by atoms with Crippen LogP contribution in [0.5, 0.6) is 0 Å². The van der Waals surface area contributed by atoms with E-state index in [9.17, 15) is 20.1 Å². The lowest BCUT2D eigenvalue weighted by atomic mass is 10.2. The number of aryl methyl sites for hydroxylation is 1. The first-order chi connectivity index (χ1) is 6.97. The van der Waals surface area contributed by atoms with E-state index < -0.39 is 10.9 Å². The predicted molar refractivity (Wildman–Crippen MR) is 46.6 cm³/mol. The number of carbonyl (C=O) groups excluding carboxylic acids is 1. The van der Waals surface area contributed by atoms with E-state index in [0.29, 0.717) is 4.73 Å². The monoisotopic (exact) mass is 213 g/mol. The minimum absolute atomic E-state index is 0.136.